The smallest absolute Gasteiger partial charge is 0.419 e. The summed E-state index contributed by atoms with van der Waals surface area (Å²) in [5, 5.41) is 0.699. The monoisotopic (exact) mass is 439 g/mol. The standard InChI is InChI=1S/C25H29NO6/c1-6-24(3,4)32-23(29)26-19-8-7-16(10-17(19)11-20(26)21(27)30-5)13-25-12-15(2)9-18(25)14-31-22(25)28/h7-8,10-11,18H,2,6,9,12-14H2,1,3-5H3. The highest BCUT2D eigenvalue weighted by Gasteiger charge is 2.55. The summed E-state index contributed by atoms with van der Waals surface area (Å²) in [5.74, 6) is -0.654. The van der Waals surface area contributed by atoms with E-state index in [-0.39, 0.29) is 17.6 Å². The lowest BCUT2D eigenvalue weighted by molar-refractivity contribution is -0.146. The van der Waals surface area contributed by atoms with E-state index < -0.39 is 23.1 Å². The van der Waals surface area contributed by atoms with Crippen molar-refractivity contribution in [3.63, 3.8) is 0 Å². The molecule has 7 heteroatoms. The Bertz CT molecular complexity index is 1130. The van der Waals surface area contributed by atoms with Crippen LogP contribution in [-0.2, 0) is 25.4 Å². The van der Waals surface area contributed by atoms with Crippen molar-refractivity contribution in [1.29, 1.82) is 0 Å². The summed E-state index contributed by atoms with van der Waals surface area (Å²) in [6.45, 7) is 10.1. The van der Waals surface area contributed by atoms with E-state index in [1.165, 1.54) is 11.7 Å². The molecule has 2 atom stereocenters. The highest BCUT2D eigenvalue weighted by molar-refractivity contribution is 6.01. The summed E-state index contributed by atoms with van der Waals surface area (Å²) in [6, 6.07) is 7.21. The zero-order valence-corrected chi connectivity index (χ0v) is 19.0. The number of methoxy groups -OCH3 is 1. The van der Waals surface area contributed by atoms with Crippen molar-refractivity contribution < 1.29 is 28.6 Å². The van der Waals surface area contributed by atoms with E-state index in [2.05, 4.69) is 6.58 Å². The molecule has 1 saturated carbocycles. The van der Waals surface area contributed by atoms with Gasteiger partial charge in [0.2, 0.25) is 0 Å². The molecule has 0 amide bonds. The SMILES string of the molecule is C=C1CC2COC(=O)C2(Cc2ccc3c(c2)cc(C(=O)OC)n3C(=O)OC(C)(C)CC)C1. The lowest BCUT2D eigenvalue weighted by atomic mass is 9.75. The normalized spacial score (nSPS) is 22.7. The summed E-state index contributed by atoms with van der Waals surface area (Å²) in [7, 11) is 1.27. The van der Waals surface area contributed by atoms with Gasteiger partial charge in [0.1, 0.15) is 11.3 Å². The highest BCUT2D eigenvalue weighted by Crippen LogP contribution is 2.52. The van der Waals surface area contributed by atoms with E-state index in [0.29, 0.717) is 36.8 Å². The molecule has 2 aromatic rings. The molecule has 1 aromatic heterocycles. The van der Waals surface area contributed by atoms with Crippen molar-refractivity contribution in [2.45, 2.75) is 52.1 Å². The Morgan fingerprint density at radius 3 is 2.75 bits per heavy atom. The van der Waals surface area contributed by atoms with Crippen LogP contribution in [0.25, 0.3) is 10.9 Å². The average molecular weight is 440 g/mol. The van der Waals surface area contributed by atoms with E-state index in [1.807, 2.05) is 32.9 Å². The molecule has 0 bridgehead atoms. The van der Waals surface area contributed by atoms with Crippen LogP contribution in [0.15, 0.2) is 36.4 Å². The molecule has 2 aliphatic rings. The molecule has 2 unspecified atom stereocenters. The van der Waals surface area contributed by atoms with Crippen LogP contribution in [-0.4, -0.2) is 41.9 Å². The van der Waals surface area contributed by atoms with Crippen LogP contribution >= 0.6 is 0 Å². The third-order valence-corrected chi connectivity index (χ3v) is 6.88. The number of carbonyl (C=O) groups excluding carboxylic acids is 3. The van der Waals surface area contributed by atoms with Crippen LogP contribution < -0.4 is 0 Å². The van der Waals surface area contributed by atoms with Crippen molar-refractivity contribution in [2.24, 2.45) is 11.3 Å². The molecule has 1 aliphatic carbocycles. The van der Waals surface area contributed by atoms with Crippen LogP contribution in [0.1, 0.15) is 56.1 Å². The topological polar surface area (TPSA) is 83.8 Å². The predicted molar refractivity (Wildman–Crippen MR) is 118 cm³/mol. The number of fused-ring (bicyclic) bond motifs is 2. The maximum Gasteiger partial charge on any atom is 0.419 e. The van der Waals surface area contributed by atoms with Gasteiger partial charge in [-0.3, -0.25) is 4.79 Å². The Labute approximate surface area is 187 Å². The van der Waals surface area contributed by atoms with Gasteiger partial charge in [0.15, 0.2) is 0 Å². The van der Waals surface area contributed by atoms with Crippen LogP contribution in [0.5, 0.6) is 0 Å². The van der Waals surface area contributed by atoms with Gasteiger partial charge in [-0.25, -0.2) is 14.2 Å². The van der Waals surface area contributed by atoms with Crippen molar-refractivity contribution in [3.05, 3.63) is 47.7 Å². The quantitative estimate of drug-likeness (QED) is 0.383. The van der Waals surface area contributed by atoms with E-state index in [9.17, 15) is 14.4 Å². The number of benzene rings is 1. The highest BCUT2D eigenvalue weighted by atomic mass is 16.6. The number of hydrogen-bond acceptors (Lipinski definition) is 6. The molecule has 7 nitrogen and oxygen atoms in total. The van der Waals surface area contributed by atoms with Crippen molar-refractivity contribution in [3.8, 4) is 0 Å². The first kappa shape index (κ1) is 22.1. The number of rotatable bonds is 5. The summed E-state index contributed by atoms with van der Waals surface area (Å²) in [6.07, 6.45) is 1.94. The molecule has 1 saturated heterocycles. The van der Waals surface area contributed by atoms with E-state index in [0.717, 1.165) is 17.6 Å². The average Bonchev–Trinajstić information content (AvgIpc) is 3.37. The maximum absolute atomic E-state index is 13.0. The molecule has 1 aromatic carbocycles. The zero-order chi connectivity index (χ0) is 23.3. The molecular weight excluding hydrogens is 410 g/mol. The Hall–Kier alpha value is -3.09. The minimum Gasteiger partial charge on any atom is -0.465 e. The molecule has 4 rings (SSSR count). The Kier molecular flexibility index (Phi) is 5.39. The summed E-state index contributed by atoms with van der Waals surface area (Å²) in [4.78, 5) is 38.0. The summed E-state index contributed by atoms with van der Waals surface area (Å²) >= 11 is 0. The number of hydrogen-bond donors (Lipinski definition) is 0. The molecule has 2 fully saturated rings. The van der Waals surface area contributed by atoms with E-state index in [4.69, 9.17) is 14.2 Å². The van der Waals surface area contributed by atoms with E-state index >= 15 is 0 Å². The molecule has 32 heavy (non-hydrogen) atoms. The lowest BCUT2D eigenvalue weighted by Crippen LogP contribution is -2.31. The van der Waals surface area contributed by atoms with Gasteiger partial charge in [0.25, 0.3) is 0 Å². The number of cyclic esters (lactones) is 1. The molecule has 170 valence electrons. The maximum atomic E-state index is 13.0. The number of nitrogens with zero attached hydrogens (tertiary/aromatic N) is 1. The Morgan fingerprint density at radius 1 is 1.31 bits per heavy atom. The minimum absolute atomic E-state index is 0.0992. The summed E-state index contributed by atoms with van der Waals surface area (Å²) in [5.41, 5.74) is 1.40. The fourth-order valence-electron chi connectivity index (χ4n) is 4.81. The largest absolute Gasteiger partial charge is 0.465 e. The van der Waals surface area contributed by atoms with Gasteiger partial charge in [-0.2, -0.15) is 0 Å². The van der Waals surface area contributed by atoms with Crippen molar-refractivity contribution >= 4 is 28.9 Å². The first-order valence-electron chi connectivity index (χ1n) is 10.9. The number of aromatic nitrogens is 1. The predicted octanol–water partition coefficient (Wildman–Crippen LogP) is 4.65. The van der Waals surface area contributed by atoms with Gasteiger partial charge in [-0.1, -0.05) is 25.1 Å². The first-order chi connectivity index (χ1) is 15.1. The fraction of sp³-hybridized carbons (Fsp3) is 0.480. The minimum atomic E-state index is -0.678. The van der Waals surface area contributed by atoms with Gasteiger partial charge >= 0.3 is 18.0 Å². The number of ether oxygens (including phenoxy) is 3. The van der Waals surface area contributed by atoms with Crippen LogP contribution in [0.3, 0.4) is 0 Å². The molecule has 0 spiro atoms. The third kappa shape index (κ3) is 3.59. The summed E-state index contributed by atoms with van der Waals surface area (Å²) < 4.78 is 17.2. The molecule has 0 N–H and O–H groups in total. The molecular formula is C25H29NO6. The third-order valence-electron chi connectivity index (χ3n) is 6.88. The first-order valence-corrected chi connectivity index (χ1v) is 10.9. The van der Waals surface area contributed by atoms with Crippen LogP contribution in [0.4, 0.5) is 4.79 Å². The fourth-order valence-corrected chi connectivity index (χ4v) is 4.81. The number of esters is 2. The second-order valence-corrected chi connectivity index (χ2v) is 9.49. The van der Waals surface area contributed by atoms with Crippen LogP contribution in [0.2, 0.25) is 0 Å². The molecule has 1 aliphatic heterocycles. The van der Waals surface area contributed by atoms with Crippen molar-refractivity contribution in [1.82, 2.24) is 4.57 Å². The van der Waals surface area contributed by atoms with Crippen LogP contribution in [0, 0.1) is 11.3 Å². The molecule has 0 radical (unpaired) electrons. The van der Waals surface area contributed by atoms with Gasteiger partial charge in [-0.05, 0) is 63.3 Å². The molecule has 2 heterocycles. The Morgan fingerprint density at radius 2 is 2.06 bits per heavy atom. The van der Waals surface area contributed by atoms with Gasteiger partial charge < -0.3 is 14.2 Å². The van der Waals surface area contributed by atoms with E-state index in [1.54, 1.807) is 12.1 Å². The number of carbonyl (C=O) groups is 3. The van der Waals surface area contributed by atoms with Gasteiger partial charge in [0, 0.05) is 11.3 Å². The number of allylic oxidation sites excluding steroid dienone is 1. The zero-order valence-electron chi connectivity index (χ0n) is 19.0. The second kappa shape index (κ2) is 7.80. The van der Waals surface area contributed by atoms with Gasteiger partial charge in [0.05, 0.1) is 24.6 Å². The van der Waals surface area contributed by atoms with Crippen molar-refractivity contribution in [2.75, 3.05) is 13.7 Å². The van der Waals surface area contributed by atoms with Gasteiger partial charge in [-0.15, -0.1) is 0 Å². The lowest BCUT2D eigenvalue weighted by Gasteiger charge is -2.24. The Balaban J connectivity index is 1.74. The second-order valence-electron chi connectivity index (χ2n) is 9.49.